The second kappa shape index (κ2) is 4.47. The van der Waals surface area contributed by atoms with Gasteiger partial charge in [-0.05, 0) is 18.9 Å². The van der Waals surface area contributed by atoms with Gasteiger partial charge < -0.3 is 10.2 Å². The van der Waals surface area contributed by atoms with Gasteiger partial charge in [0.25, 0.3) is 5.91 Å². The molecule has 0 unspecified atom stereocenters. The van der Waals surface area contributed by atoms with Gasteiger partial charge in [0.05, 0.1) is 11.8 Å². The van der Waals surface area contributed by atoms with Crippen molar-refractivity contribution in [3.63, 3.8) is 0 Å². The van der Waals surface area contributed by atoms with Crippen molar-refractivity contribution in [2.75, 3.05) is 25.5 Å². The Balaban J connectivity index is 2.30. The summed E-state index contributed by atoms with van der Waals surface area (Å²) in [6.45, 7) is 1.50. The maximum absolute atomic E-state index is 13.1. The van der Waals surface area contributed by atoms with Crippen molar-refractivity contribution in [1.29, 1.82) is 0 Å². The monoisotopic (exact) mass is 223 g/mol. The molecule has 1 amide bonds. The number of nitrogens with one attached hydrogen (secondary N) is 1. The zero-order valence-electron chi connectivity index (χ0n) is 9.16. The van der Waals surface area contributed by atoms with Crippen LogP contribution in [0.3, 0.4) is 0 Å². The van der Waals surface area contributed by atoms with Gasteiger partial charge in [0.15, 0.2) is 0 Å². The number of hydrogen-bond acceptors (Lipinski definition) is 3. The van der Waals surface area contributed by atoms with E-state index in [0.29, 0.717) is 11.4 Å². The molecule has 2 heterocycles. The van der Waals surface area contributed by atoms with Gasteiger partial charge in [-0.25, -0.2) is 9.37 Å². The molecule has 1 saturated heterocycles. The number of pyridine rings is 1. The Morgan fingerprint density at radius 2 is 2.19 bits per heavy atom. The molecule has 16 heavy (non-hydrogen) atoms. The molecule has 86 valence electrons. The number of carbonyl (C=O) groups excluding carboxylic acids is 1. The number of likely N-dealkylation sites (tertiary alicyclic amines) is 1. The van der Waals surface area contributed by atoms with E-state index < -0.39 is 5.82 Å². The molecule has 2 rings (SSSR count). The van der Waals surface area contributed by atoms with Gasteiger partial charge in [-0.2, -0.15) is 0 Å². The van der Waals surface area contributed by atoms with Crippen molar-refractivity contribution < 1.29 is 9.18 Å². The minimum Gasteiger partial charge on any atom is -0.372 e. The molecule has 4 nitrogen and oxygen atoms in total. The third-order valence-corrected chi connectivity index (χ3v) is 2.71. The van der Waals surface area contributed by atoms with E-state index in [1.807, 2.05) is 0 Å². The highest BCUT2D eigenvalue weighted by Gasteiger charge is 2.22. The summed E-state index contributed by atoms with van der Waals surface area (Å²) in [5.41, 5.74) is 0.310. The van der Waals surface area contributed by atoms with Crippen molar-refractivity contribution in [2.24, 2.45) is 0 Å². The summed E-state index contributed by atoms with van der Waals surface area (Å²) in [4.78, 5) is 17.6. The molecular weight excluding hydrogens is 209 g/mol. The van der Waals surface area contributed by atoms with Gasteiger partial charge in [-0.15, -0.1) is 0 Å². The molecule has 0 saturated carbocycles. The van der Waals surface area contributed by atoms with E-state index >= 15 is 0 Å². The summed E-state index contributed by atoms with van der Waals surface area (Å²) < 4.78 is 13.1. The van der Waals surface area contributed by atoms with E-state index in [0.717, 1.165) is 32.1 Å². The molecule has 0 atom stereocenters. The van der Waals surface area contributed by atoms with E-state index in [2.05, 4.69) is 10.3 Å². The number of carbonyl (C=O) groups is 1. The quantitative estimate of drug-likeness (QED) is 0.826. The molecule has 1 fully saturated rings. The summed E-state index contributed by atoms with van der Waals surface area (Å²) in [5.74, 6) is -0.200. The lowest BCUT2D eigenvalue weighted by Gasteiger charge is -2.16. The first-order valence-corrected chi connectivity index (χ1v) is 5.35. The van der Waals surface area contributed by atoms with Crippen LogP contribution in [-0.4, -0.2) is 35.9 Å². The number of hydrogen-bond donors (Lipinski definition) is 1. The fraction of sp³-hybridized carbons (Fsp3) is 0.455. The fourth-order valence-corrected chi connectivity index (χ4v) is 1.89. The Labute approximate surface area is 93.5 Å². The number of rotatable bonds is 2. The number of anilines is 1. The third kappa shape index (κ3) is 1.98. The number of aromatic nitrogens is 1. The lowest BCUT2D eigenvalue weighted by Crippen LogP contribution is -2.28. The van der Waals surface area contributed by atoms with Crippen LogP contribution in [0.2, 0.25) is 0 Å². The average Bonchev–Trinajstić information content (AvgIpc) is 2.81. The van der Waals surface area contributed by atoms with Crippen LogP contribution in [0.15, 0.2) is 12.3 Å². The standard InChI is InChI=1S/C11H14FN3O/c1-13-10-9(6-8(12)7-14-10)11(16)15-4-2-3-5-15/h6-7H,2-5H2,1H3,(H,13,14). The number of amides is 1. The summed E-state index contributed by atoms with van der Waals surface area (Å²) in [5, 5.41) is 2.80. The van der Waals surface area contributed by atoms with Crippen LogP contribution in [0.4, 0.5) is 10.2 Å². The zero-order valence-corrected chi connectivity index (χ0v) is 9.16. The van der Waals surface area contributed by atoms with Crippen molar-refractivity contribution >= 4 is 11.7 Å². The minimum atomic E-state index is -0.485. The maximum Gasteiger partial charge on any atom is 0.257 e. The smallest absolute Gasteiger partial charge is 0.257 e. The highest BCUT2D eigenvalue weighted by Crippen LogP contribution is 2.18. The van der Waals surface area contributed by atoms with Crippen LogP contribution in [0.5, 0.6) is 0 Å². The summed E-state index contributed by atoms with van der Waals surface area (Å²) in [6.07, 6.45) is 3.14. The van der Waals surface area contributed by atoms with E-state index in [1.54, 1.807) is 11.9 Å². The Morgan fingerprint density at radius 3 is 2.81 bits per heavy atom. The largest absolute Gasteiger partial charge is 0.372 e. The predicted octanol–water partition coefficient (Wildman–Crippen LogP) is 1.50. The van der Waals surface area contributed by atoms with Crippen molar-refractivity contribution in [1.82, 2.24) is 9.88 Å². The van der Waals surface area contributed by atoms with Crippen LogP contribution < -0.4 is 5.32 Å². The molecule has 5 heteroatoms. The van der Waals surface area contributed by atoms with Crippen molar-refractivity contribution in [2.45, 2.75) is 12.8 Å². The summed E-state index contributed by atoms with van der Waals surface area (Å²) >= 11 is 0. The highest BCUT2D eigenvalue weighted by atomic mass is 19.1. The maximum atomic E-state index is 13.1. The van der Waals surface area contributed by atoms with Gasteiger partial charge in [-0.3, -0.25) is 4.79 Å². The van der Waals surface area contributed by atoms with Gasteiger partial charge in [0, 0.05) is 20.1 Å². The fourth-order valence-electron chi connectivity index (χ4n) is 1.89. The lowest BCUT2D eigenvalue weighted by molar-refractivity contribution is 0.0793. The molecule has 0 aromatic carbocycles. The van der Waals surface area contributed by atoms with Crippen LogP contribution in [-0.2, 0) is 0 Å². The third-order valence-electron chi connectivity index (χ3n) is 2.71. The van der Waals surface area contributed by atoms with Gasteiger partial charge in [0.2, 0.25) is 0 Å². The van der Waals surface area contributed by atoms with Crippen LogP contribution in [0.25, 0.3) is 0 Å². The van der Waals surface area contributed by atoms with Crippen molar-refractivity contribution in [3.05, 3.63) is 23.6 Å². The van der Waals surface area contributed by atoms with E-state index in [4.69, 9.17) is 0 Å². The van der Waals surface area contributed by atoms with E-state index in [9.17, 15) is 9.18 Å². The molecule has 1 aromatic heterocycles. The second-order valence-corrected chi connectivity index (χ2v) is 3.80. The van der Waals surface area contributed by atoms with Gasteiger partial charge >= 0.3 is 0 Å². The zero-order chi connectivity index (χ0) is 11.5. The van der Waals surface area contributed by atoms with E-state index in [1.165, 1.54) is 6.07 Å². The topological polar surface area (TPSA) is 45.2 Å². The van der Waals surface area contributed by atoms with Crippen LogP contribution in [0.1, 0.15) is 23.2 Å². The Morgan fingerprint density at radius 1 is 1.50 bits per heavy atom. The number of nitrogens with zero attached hydrogens (tertiary/aromatic N) is 2. The molecule has 0 spiro atoms. The molecule has 0 radical (unpaired) electrons. The molecule has 1 N–H and O–H groups in total. The summed E-state index contributed by atoms with van der Waals surface area (Å²) in [6, 6.07) is 1.24. The molecule has 0 bridgehead atoms. The van der Waals surface area contributed by atoms with Crippen LogP contribution in [0, 0.1) is 5.82 Å². The highest BCUT2D eigenvalue weighted by molar-refractivity contribution is 5.98. The first kappa shape index (κ1) is 10.9. The predicted molar refractivity (Wildman–Crippen MR) is 58.9 cm³/mol. The molecule has 1 aliphatic rings. The second-order valence-electron chi connectivity index (χ2n) is 3.80. The van der Waals surface area contributed by atoms with E-state index in [-0.39, 0.29) is 5.91 Å². The Bertz CT molecular complexity index is 402. The number of halogens is 1. The first-order valence-electron chi connectivity index (χ1n) is 5.35. The molecule has 1 aromatic rings. The lowest BCUT2D eigenvalue weighted by atomic mass is 10.2. The normalized spacial score (nSPS) is 15.2. The first-order chi connectivity index (χ1) is 7.72. The van der Waals surface area contributed by atoms with Crippen LogP contribution >= 0.6 is 0 Å². The molecule has 0 aliphatic carbocycles. The minimum absolute atomic E-state index is 0.145. The molecule has 1 aliphatic heterocycles. The SMILES string of the molecule is CNc1ncc(F)cc1C(=O)N1CCCC1. The Kier molecular flexibility index (Phi) is 3.03. The van der Waals surface area contributed by atoms with Gasteiger partial charge in [-0.1, -0.05) is 0 Å². The van der Waals surface area contributed by atoms with Crippen molar-refractivity contribution in [3.8, 4) is 0 Å². The Hall–Kier alpha value is -1.65. The molecular formula is C11H14FN3O. The average molecular weight is 223 g/mol. The van der Waals surface area contributed by atoms with Gasteiger partial charge in [0.1, 0.15) is 11.6 Å². The summed E-state index contributed by atoms with van der Waals surface area (Å²) in [7, 11) is 1.67.